The number of thiocarbonyl (C=S) groups is 1. The molecule has 4 aromatic rings. The highest BCUT2D eigenvalue weighted by Crippen LogP contribution is 2.33. The van der Waals surface area contributed by atoms with Crippen LogP contribution in [-0.4, -0.2) is 108 Å². The molecule has 3 atom stereocenters. The zero-order valence-electron chi connectivity index (χ0n) is 33.3. The summed E-state index contributed by atoms with van der Waals surface area (Å²) in [6.07, 6.45) is 1.46. The third-order valence-electron chi connectivity index (χ3n) is 10.5. The highest BCUT2D eigenvalue weighted by molar-refractivity contribution is 7.80. The number of anilines is 2. The highest BCUT2D eigenvalue weighted by Gasteiger charge is 2.40. The van der Waals surface area contributed by atoms with E-state index in [2.05, 4.69) is 31.5 Å². The third kappa shape index (κ3) is 12.8. The Balaban J connectivity index is 1.06. The van der Waals surface area contributed by atoms with Crippen LogP contribution in [0.5, 0.6) is 0 Å². The second-order valence-corrected chi connectivity index (χ2v) is 16.4. The number of hydrogen-bond donors (Lipinski definition) is 5. The summed E-state index contributed by atoms with van der Waals surface area (Å²) >= 11 is 24.0. The van der Waals surface area contributed by atoms with Crippen LogP contribution in [0.25, 0.3) is 0 Å². The number of piperazine rings is 1. The van der Waals surface area contributed by atoms with Crippen molar-refractivity contribution >= 4 is 93.0 Å². The van der Waals surface area contributed by atoms with Crippen molar-refractivity contribution in [2.75, 3.05) is 56.0 Å². The van der Waals surface area contributed by atoms with Crippen molar-refractivity contribution in [3.05, 3.63) is 129 Å². The zero-order valence-corrected chi connectivity index (χ0v) is 36.3. The molecule has 0 bridgehead atoms. The van der Waals surface area contributed by atoms with Crippen LogP contribution >= 0.6 is 47.0 Å². The van der Waals surface area contributed by atoms with E-state index in [1.54, 1.807) is 40.1 Å². The number of nitrogens with one attached hydrogen (secondary N) is 5. The first kappa shape index (κ1) is 45.1. The summed E-state index contributed by atoms with van der Waals surface area (Å²) in [7, 11) is 0. The largest absolute Gasteiger partial charge is 0.367 e. The summed E-state index contributed by atoms with van der Waals surface area (Å²) in [6, 6.07) is 28.0. The van der Waals surface area contributed by atoms with Crippen molar-refractivity contribution < 1.29 is 24.0 Å². The van der Waals surface area contributed by atoms with Crippen LogP contribution in [0.1, 0.15) is 24.0 Å². The second kappa shape index (κ2) is 21.9. The summed E-state index contributed by atoms with van der Waals surface area (Å²) in [5, 5.41) is 15.7. The first-order valence-electron chi connectivity index (χ1n) is 20.0. The molecule has 5 N–H and O–H groups in total. The predicted octanol–water partition coefficient (Wildman–Crippen LogP) is 4.84. The van der Waals surface area contributed by atoms with E-state index >= 15 is 0 Å². The number of carbonyl (C=O) groups is 5. The second-order valence-electron chi connectivity index (χ2n) is 14.7. The number of amides is 5. The van der Waals surface area contributed by atoms with Crippen LogP contribution in [-0.2, 0) is 36.8 Å². The van der Waals surface area contributed by atoms with Crippen LogP contribution in [0.15, 0.2) is 103 Å². The smallest absolute Gasteiger partial charge is 0.246 e. The summed E-state index contributed by atoms with van der Waals surface area (Å²) < 4.78 is 0. The highest BCUT2D eigenvalue weighted by atomic mass is 35.5. The minimum Gasteiger partial charge on any atom is -0.367 e. The maximum atomic E-state index is 14.3. The van der Waals surface area contributed by atoms with Crippen LogP contribution in [0.2, 0.25) is 15.1 Å². The molecule has 2 fully saturated rings. The quantitative estimate of drug-likeness (QED) is 0.106. The van der Waals surface area contributed by atoms with Gasteiger partial charge in [0.05, 0.1) is 28.8 Å². The molecule has 0 radical (unpaired) electrons. The zero-order chi connectivity index (χ0) is 43.3. The van der Waals surface area contributed by atoms with Gasteiger partial charge in [-0.2, -0.15) is 0 Å². The van der Waals surface area contributed by atoms with Crippen LogP contribution in [0, 0.1) is 0 Å². The van der Waals surface area contributed by atoms with Gasteiger partial charge in [0.2, 0.25) is 29.5 Å². The number of halogens is 3. The van der Waals surface area contributed by atoms with E-state index in [9.17, 15) is 24.0 Å². The van der Waals surface area contributed by atoms with Gasteiger partial charge in [-0.15, -0.1) is 0 Å². The van der Waals surface area contributed by atoms with E-state index in [-0.39, 0.29) is 36.3 Å². The van der Waals surface area contributed by atoms with Crippen molar-refractivity contribution in [1.82, 2.24) is 31.1 Å². The fourth-order valence-electron chi connectivity index (χ4n) is 7.36. The summed E-state index contributed by atoms with van der Waals surface area (Å²) in [6.45, 7) is 1.67. The lowest BCUT2D eigenvalue weighted by Crippen LogP contribution is -2.58. The number of hydrogen-bond acceptors (Lipinski definition) is 7. The molecule has 0 spiro atoms. The molecular formula is C44H47Cl3N8O5S. The van der Waals surface area contributed by atoms with Crippen LogP contribution in [0.3, 0.4) is 0 Å². The third-order valence-corrected chi connectivity index (χ3v) is 11.8. The number of nitrogens with zero attached hydrogens (tertiary/aromatic N) is 3. The standard InChI is InChI=1S/C44H47Cl3N8O5S/c45-31-16-18-32(19-17-31)50-44(61)49-28-39(57)51-34(25-29-9-3-1-4-10-29)41(58)48-27-38(56)52-35(26-30-11-5-2-6-12-30)42(59)55-20-8-15-37(55)43(60)54-23-21-53(22-24-54)36-14-7-13-33(46)40(36)47/h1-7,9-14,16-19,34-35,37H,8,15,20-28H2,(H,48,58)(H,51,57)(H,52,56)(H2,49,50,61)/t34-,35-,37-/m0/s1. The lowest BCUT2D eigenvalue weighted by Gasteiger charge is -2.39. The first-order valence-corrected chi connectivity index (χ1v) is 21.5. The van der Waals surface area contributed by atoms with E-state index in [1.165, 1.54) is 0 Å². The Hall–Kier alpha value is -5.41. The Morgan fingerprint density at radius 2 is 1.26 bits per heavy atom. The molecule has 5 amide bonds. The van der Waals surface area contributed by atoms with Gasteiger partial charge in [-0.05, 0) is 72.6 Å². The molecule has 2 heterocycles. The van der Waals surface area contributed by atoms with Gasteiger partial charge in [0, 0.05) is 56.3 Å². The Kier molecular flexibility index (Phi) is 16.2. The fourth-order valence-corrected chi connectivity index (χ4v) is 8.09. The van der Waals surface area contributed by atoms with E-state index in [4.69, 9.17) is 47.0 Å². The Labute approximate surface area is 375 Å². The van der Waals surface area contributed by atoms with Crippen molar-refractivity contribution in [3.63, 3.8) is 0 Å². The molecule has 4 aromatic carbocycles. The predicted molar refractivity (Wildman–Crippen MR) is 243 cm³/mol. The minimum atomic E-state index is -1.04. The summed E-state index contributed by atoms with van der Waals surface area (Å²) in [5.41, 5.74) is 3.08. The van der Waals surface area contributed by atoms with E-state index in [0.29, 0.717) is 66.3 Å². The lowest BCUT2D eigenvalue weighted by atomic mass is 10.0. The number of benzene rings is 4. The maximum absolute atomic E-state index is 14.3. The molecule has 61 heavy (non-hydrogen) atoms. The molecule has 2 aliphatic heterocycles. The van der Waals surface area contributed by atoms with Gasteiger partial charge in [-0.25, -0.2) is 0 Å². The molecule has 0 saturated carbocycles. The molecule has 13 nitrogen and oxygen atoms in total. The van der Waals surface area contributed by atoms with E-state index < -0.39 is 42.4 Å². The van der Waals surface area contributed by atoms with Gasteiger partial charge >= 0.3 is 0 Å². The van der Waals surface area contributed by atoms with Gasteiger partial charge in [0.15, 0.2) is 5.11 Å². The molecule has 320 valence electrons. The summed E-state index contributed by atoms with van der Waals surface area (Å²) in [4.78, 5) is 74.0. The van der Waals surface area contributed by atoms with Crippen molar-refractivity contribution in [2.45, 2.75) is 43.8 Å². The van der Waals surface area contributed by atoms with E-state index in [0.717, 1.165) is 16.8 Å². The topological polar surface area (TPSA) is 155 Å². The maximum Gasteiger partial charge on any atom is 0.246 e. The average Bonchev–Trinajstić information content (AvgIpc) is 3.77. The fraction of sp³-hybridized carbons (Fsp3) is 0.318. The normalized spacial score (nSPS) is 15.9. The Morgan fingerprint density at radius 1 is 0.672 bits per heavy atom. The molecular weight excluding hydrogens is 859 g/mol. The van der Waals surface area contributed by atoms with Crippen molar-refractivity contribution in [2.24, 2.45) is 0 Å². The molecule has 0 aromatic heterocycles. The van der Waals surface area contributed by atoms with Gasteiger partial charge in [0.25, 0.3) is 0 Å². The lowest BCUT2D eigenvalue weighted by molar-refractivity contribution is -0.145. The van der Waals surface area contributed by atoms with Gasteiger partial charge in [-0.3, -0.25) is 24.0 Å². The number of likely N-dealkylation sites (tertiary alicyclic amines) is 1. The first-order chi connectivity index (χ1) is 29.4. The SMILES string of the molecule is O=C(CNC(=S)Nc1ccc(Cl)cc1)N[C@@H](Cc1ccccc1)C(=O)NCC(=O)N[C@@H](Cc1ccccc1)C(=O)N1CCC[C@H]1C(=O)N1CCN(c2cccc(Cl)c2Cl)CC1. The van der Waals surface area contributed by atoms with E-state index in [1.807, 2.05) is 72.8 Å². The molecule has 2 aliphatic rings. The van der Waals surface area contributed by atoms with Gasteiger partial charge in [0.1, 0.15) is 18.1 Å². The molecule has 6 rings (SSSR count). The Bertz CT molecular complexity index is 2180. The monoisotopic (exact) mass is 904 g/mol. The van der Waals surface area contributed by atoms with Crippen LogP contribution < -0.4 is 31.5 Å². The molecule has 2 saturated heterocycles. The minimum absolute atomic E-state index is 0.138. The summed E-state index contributed by atoms with van der Waals surface area (Å²) in [5.74, 6) is -2.22. The van der Waals surface area contributed by atoms with Crippen LogP contribution in [0.4, 0.5) is 11.4 Å². The molecule has 0 unspecified atom stereocenters. The molecule has 17 heteroatoms. The molecule has 0 aliphatic carbocycles. The van der Waals surface area contributed by atoms with Crippen molar-refractivity contribution in [1.29, 1.82) is 0 Å². The number of rotatable bonds is 15. The van der Waals surface area contributed by atoms with Gasteiger partial charge < -0.3 is 41.3 Å². The van der Waals surface area contributed by atoms with Crippen molar-refractivity contribution in [3.8, 4) is 0 Å². The Morgan fingerprint density at radius 3 is 1.90 bits per heavy atom. The van der Waals surface area contributed by atoms with Gasteiger partial charge in [-0.1, -0.05) is 102 Å². The number of carbonyl (C=O) groups excluding carboxylic acids is 5. The average molecular weight is 906 g/mol.